The highest BCUT2D eigenvalue weighted by Crippen LogP contribution is 2.00. The molecule has 14 nitrogen and oxygen atoms in total. The van der Waals surface area contributed by atoms with Gasteiger partial charge in [0.25, 0.3) is 0 Å². The molecule has 14 heteroatoms. The van der Waals surface area contributed by atoms with Gasteiger partial charge in [-0.15, -0.1) is 0 Å². The second kappa shape index (κ2) is 18.6. The molecule has 12 N–H and O–H groups in total. The van der Waals surface area contributed by atoms with Crippen molar-refractivity contribution in [3.05, 3.63) is 35.9 Å². The molecular weight excluding hydrogens is 452 g/mol. The fourth-order valence-corrected chi connectivity index (χ4v) is 1.67. The molecule has 0 bridgehead atoms. The van der Waals surface area contributed by atoms with Gasteiger partial charge in [-0.3, -0.25) is 19.8 Å². The second-order valence-electron chi connectivity index (χ2n) is 6.82. The maximum Gasteiger partial charge on any atom is 0.408 e. The number of benzene rings is 1. The molecule has 1 amide bonds. The summed E-state index contributed by atoms with van der Waals surface area (Å²) in [5.74, 6) is -3.18. The fraction of sp³-hybridized carbons (Fsp3) is 0.450. The zero-order valence-electron chi connectivity index (χ0n) is 19.1. The number of nitrogens with two attached hydrogens (primary N) is 3. The van der Waals surface area contributed by atoms with Crippen molar-refractivity contribution < 1.29 is 39.2 Å². The summed E-state index contributed by atoms with van der Waals surface area (Å²) >= 11 is 0. The van der Waals surface area contributed by atoms with Crippen LogP contribution in [0.2, 0.25) is 0 Å². The first kappa shape index (κ1) is 32.3. The van der Waals surface area contributed by atoms with Gasteiger partial charge in [0.2, 0.25) is 0 Å². The van der Waals surface area contributed by atoms with E-state index < -0.39 is 42.1 Å². The molecule has 3 atom stereocenters. The Morgan fingerprint density at radius 3 is 1.94 bits per heavy atom. The maximum absolute atomic E-state index is 11.1. The molecule has 0 fully saturated rings. The van der Waals surface area contributed by atoms with Gasteiger partial charge in [0.05, 0.1) is 0 Å². The van der Waals surface area contributed by atoms with Crippen LogP contribution in [0.1, 0.15) is 32.3 Å². The van der Waals surface area contributed by atoms with Crippen LogP contribution in [0.25, 0.3) is 0 Å². The topological polar surface area (TPSA) is 264 Å². The van der Waals surface area contributed by atoms with Crippen LogP contribution in [-0.2, 0) is 25.7 Å². The average molecular weight is 487 g/mol. The van der Waals surface area contributed by atoms with E-state index >= 15 is 0 Å². The van der Waals surface area contributed by atoms with Crippen LogP contribution in [0.5, 0.6) is 0 Å². The minimum absolute atomic E-state index is 0.112. The first-order valence-electron chi connectivity index (χ1n) is 10.0. The van der Waals surface area contributed by atoms with Crippen LogP contribution in [0.15, 0.2) is 30.3 Å². The molecule has 1 rings (SSSR count). The van der Waals surface area contributed by atoms with Gasteiger partial charge in [-0.05, 0) is 32.3 Å². The summed E-state index contributed by atoms with van der Waals surface area (Å²) in [7, 11) is 0. The number of nitrogens with one attached hydrogen (secondary N) is 3. The first-order chi connectivity index (χ1) is 15.8. The Bertz CT molecular complexity index is 776. The van der Waals surface area contributed by atoms with Crippen molar-refractivity contribution in [3.63, 3.8) is 0 Å². The van der Waals surface area contributed by atoms with Crippen molar-refractivity contribution in [1.29, 1.82) is 5.41 Å². The highest BCUT2D eigenvalue weighted by atomic mass is 16.5. The number of alkyl carbamates (subject to hydrolysis) is 1. The second-order valence-corrected chi connectivity index (χ2v) is 6.82. The van der Waals surface area contributed by atoms with Gasteiger partial charge in [-0.1, -0.05) is 30.3 Å². The molecule has 1 aromatic carbocycles. The number of carboxylic acids is 3. The van der Waals surface area contributed by atoms with Crippen LogP contribution in [-0.4, -0.2) is 70.0 Å². The Morgan fingerprint density at radius 2 is 1.53 bits per heavy atom. The maximum atomic E-state index is 11.1. The van der Waals surface area contributed by atoms with Crippen LogP contribution in [0, 0.1) is 5.41 Å². The van der Waals surface area contributed by atoms with Crippen molar-refractivity contribution in [2.75, 3.05) is 6.54 Å². The molecule has 0 radical (unpaired) electrons. The van der Waals surface area contributed by atoms with Crippen LogP contribution < -0.4 is 27.8 Å². The highest BCUT2D eigenvalue weighted by Gasteiger charge is 2.14. The van der Waals surface area contributed by atoms with Gasteiger partial charge >= 0.3 is 24.0 Å². The zero-order valence-corrected chi connectivity index (χ0v) is 19.1. The number of carboxylic acid groups (broad SMARTS) is 3. The number of hydrogen-bond donors (Lipinski definition) is 9. The molecule has 0 spiro atoms. The molecule has 192 valence electrons. The van der Waals surface area contributed by atoms with Gasteiger partial charge in [-0.25, -0.2) is 4.79 Å². The zero-order chi connectivity index (χ0) is 26.7. The molecule has 0 aliphatic carbocycles. The van der Waals surface area contributed by atoms with Gasteiger partial charge in [0.15, 0.2) is 5.96 Å². The highest BCUT2D eigenvalue weighted by molar-refractivity contribution is 5.79. The number of aliphatic carboxylic acids is 3. The Kier molecular flexibility index (Phi) is 17.7. The van der Waals surface area contributed by atoms with E-state index in [-0.39, 0.29) is 12.6 Å². The number of guanidine groups is 1. The summed E-state index contributed by atoms with van der Waals surface area (Å²) in [6.45, 7) is 3.39. The predicted octanol–water partition coefficient (Wildman–Crippen LogP) is -0.534. The normalized spacial score (nSPS) is 12.1. The standard InChI is InChI=1S/C11H13NO4.C6H14N4O2.C3H7NO2/c1-8(10(13)14)12-11(15)16-7-9-5-3-2-4-6-9;7-4(5(11)12)2-1-3-10-6(8)9;1-2(4)3(5)6/h2-6,8H,7H2,1H3,(H,12,15)(H,13,14);4H,1-3,7H2,(H,11,12)(H4,8,9,10);2H,4H2,1H3,(H,5,6)/t8-;4-;2-/m000/s1. The molecule has 0 unspecified atom stereocenters. The molecule has 34 heavy (non-hydrogen) atoms. The van der Waals surface area contributed by atoms with Gasteiger partial charge in [-0.2, -0.15) is 0 Å². The molecule has 0 saturated carbocycles. The molecule has 1 aromatic rings. The largest absolute Gasteiger partial charge is 0.480 e. The lowest BCUT2D eigenvalue weighted by atomic mass is 10.2. The van der Waals surface area contributed by atoms with E-state index in [2.05, 4.69) is 10.6 Å². The summed E-state index contributed by atoms with van der Waals surface area (Å²) in [4.78, 5) is 41.4. The van der Waals surface area contributed by atoms with E-state index in [9.17, 15) is 19.2 Å². The molecular formula is C20H34N6O8. The van der Waals surface area contributed by atoms with E-state index in [1.807, 2.05) is 30.3 Å². The molecule has 0 heterocycles. The van der Waals surface area contributed by atoms with Crippen LogP contribution >= 0.6 is 0 Å². The minimum atomic E-state index is -1.10. The molecule has 0 saturated heterocycles. The number of ether oxygens (including phenoxy) is 1. The van der Waals surface area contributed by atoms with Crippen molar-refractivity contribution in [1.82, 2.24) is 10.6 Å². The Balaban J connectivity index is 0. The lowest BCUT2D eigenvalue weighted by Gasteiger charge is -2.09. The molecule has 0 aliphatic heterocycles. The fourth-order valence-electron chi connectivity index (χ4n) is 1.67. The van der Waals surface area contributed by atoms with Crippen LogP contribution in [0.3, 0.4) is 0 Å². The summed E-state index contributed by atoms with van der Waals surface area (Å²) in [5, 5.41) is 36.3. The number of carbonyl (C=O) groups is 4. The van der Waals surface area contributed by atoms with Gasteiger partial charge in [0.1, 0.15) is 24.7 Å². The van der Waals surface area contributed by atoms with Crippen molar-refractivity contribution in [3.8, 4) is 0 Å². The summed E-state index contributed by atoms with van der Waals surface area (Å²) in [6, 6.07) is 6.64. The first-order valence-corrected chi connectivity index (χ1v) is 10.0. The van der Waals surface area contributed by atoms with Crippen molar-refractivity contribution >= 4 is 30.0 Å². The van der Waals surface area contributed by atoms with E-state index in [1.54, 1.807) is 0 Å². The summed E-state index contributed by atoms with van der Waals surface area (Å²) in [6.07, 6.45) is 0.238. The number of carbonyl (C=O) groups excluding carboxylic acids is 1. The Morgan fingerprint density at radius 1 is 1.00 bits per heavy atom. The number of amides is 1. The third-order valence-corrected chi connectivity index (χ3v) is 3.63. The monoisotopic (exact) mass is 486 g/mol. The van der Waals surface area contributed by atoms with E-state index in [1.165, 1.54) is 13.8 Å². The summed E-state index contributed by atoms with van der Waals surface area (Å²) < 4.78 is 4.84. The average Bonchev–Trinajstić information content (AvgIpc) is 2.76. The predicted molar refractivity (Wildman–Crippen MR) is 123 cm³/mol. The van der Waals surface area contributed by atoms with Crippen molar-refractivity contribution in [2.24, 2.45) is 17.2 Å². The number of rotatable bonds is 10. The minimum Gasteiger partial charge on any atom is -0.480 e. The van der Waals surface area contributed by atoms with E-state index in [0.717, 1.165) is 5.56 Å². The van der Waals surface area contributed by atoms with Crippen molar-refractivity contribution in [2.45, 2.75) is 51.4 Å². The number of hydrogen-bond acceptors (Lipinski definition) is 8. The Labute approximate surface area is 196 Å². The third-order valence-electron chi connectivity index (χ3n) is 3.63. The Hall–Kier alpha value is -3.91. The SMILES string of the molecule is C[C@H](N)C(=O)O.C[C@H](NC(=O)OCc1ccccc1)C(=O)O.N=C(N)NCCC[C@H](N)C(=O)O. The molecule has 0 aliphatic rings. The molecule has 0 aromatic heterocycles. The van der Waals surface area contributed by atoms with E-state index in [0.29, 0.717) is 19.4 Å². The van der Waals surface area contributed by atoms with Gasteiger partial charge in [0, 0.05) is 6.54 Å². The summed E-state index contributed by atoms with van der Waals surface area (Å²) in [5.41, 5.74) is 15.9. The van der Waals surface area contributed by atoms with Crippen LogP contribution in [0.4, 0.5) is 4.79 Å². The third kappa shape index (κ3) is 20.0. The quantitative estimate of drug-likeness (QED) is 0.115. The lowest BCUT2D eigenvalue weighted by Crippen LogP contribution is -2.38. The van der Waals surface area contributed by atoms with E-state index in [4.69, 9.17) is 42.7 Å². The lowest BCUT2D eigenvalue weighted by molar-refractivity contribution is -0.139. The van der Waals surface area contributed by atoms with Gasteiger partial charge < -0.3 is 47.9 Å². The smallest absolute Gasteiger partial charge is 0.408 e.